The first-order valence-corrected chi connectivity index (χ1v) is 13.5. The van der Waals surface area contributed by atoms with Crippen molar-refractivity contribution in [1.82, 2.24) is 24.6 Å². The minimum absolute atomic E-state index is 0.0972. The maximum Gasteiger partial charge on any atom is 0.305 e. The number of amides is 1. The number of carbonyl (C=O) groups is 2. The van der Waals surface area contributed by atoms with Crippen molar-refractivity contribution >= 4 is 28.5 Å². The van der Waals surface area contributed by atoms with Crippen LogP contribution in [0, 0.1) is 13.8 Å². The van der Waals surface area contributed by atoms with E-state index < -0.39 is 0 Å². The summed E-state index contributed by atoms with van der Waals surface area (Å²) in [6.07, 6.45) is 5.59. The fraction of sp³-hybridized carbons (Fsp3) is 0.400. The maximum atomic E-state index is 12.3. The lowest BCUT2D eigenvalue weighted by Crippen LogP contribution is -2.18. The monoisotopic (exact) mass is 530 g/mol. The molecule has 0 aliphatic heterocycles. The highest BCUT2D eigenvalue weighted by Crippen LogP contribution is 2.27. The molecule has 9 heteroatoms. The Hall–Kier alpha value is -4.14. The lowest BCUT2D eigenvalue weighted by Gasteiger charge is -2.20. The minimum atomic E-state index is -0.162. The van der Waals surface area contributed by atoms with E-state index in [4.69, 9.17) is 4.74 Å². The zero-order valence-electron chi connectivity index (χ0n) is 23.5. The van der Waals surface area contributed by atoms with Gasteiger partial charge in [-0.1, -0.05) is 18.2 Å². The topological polar surface area (TPSA) is 103 Å². The molecule has 0 aliphatic rings. The molecular weight excluding hydrogens is 492 g/mol. The van der Waals surface area contributed by atoms with Crippen LogP contribution in [0.2, 0.25) is 0 Å². The average molecular weight is 531 g/mol. The summed E-state index contributed by atoms with van der Waals surface area (Å²) in [5.74, 6) is 0.604. The van der Waals surface area contributed by atoms with Crippen LogP contribution in [-0.4, -0.2) is 51.4 Å². The number of esters is 1. The van der Waals surface area contributed by atoms with Gasteiger partial charge in [0.05, 0.1) is 13.2 Å². The molecule has 9 nitrogen and oxygen atoms in total. The van der Waals surface area contributed by atoms with Gasteiger partial charge in [0.1, 0.15) is 12.2 Å². The third-order valence-corrected chi connectivity index (χ3v) is 7.03. The molecule has 2 aromatic carbocycles. The summed E-state index contributed by atoms with van der Waals surface area (Å²) in [5, 5.41) is 11.8. The molecule has 2 heterocycles. The molecule has 0 aliphatic carbocycles. The molecule has 2 aromatic heterocycles. The highest BCUT2D eigenvalue weighted by Gasteiger charge is 2.15. The summed E-state index contributed by atoms with van der Waals surface area (Å²) >= 11 is 0. The Morgan fingerprint density at radius 1 is 1.13 bits per heavy atom. The summed E-state index contributed by atoms with van der Waals surface area (Å²) in [5.41, 5.74) is 6.16. The van der Waals surface area contributed by atoms with Gasteiger partial charge >= 0.3 is 5.97 Å². The normalized spacial score (nSPS) is 11.9. The predicted octanol–water partition coefficient (Wildman–Crippen LogP) is 4.82. The Balaban J connectivity index is 1.55. The molecule has 4 aromatic rings. The fourth-order valence-corrected chi connectivity index (χ4v) is 4.84. The number of hydrogen-bond acceptors (Lipinski definition) is 6. The molecule has 1 atom stereocenters. The van der Waals surface area contributed by atoms with Crippen LogP contribution >= 0.6 is 0 Å². The van der Waals surface area contributed by atoms with Crippen LogP contribution in [0.3, 0.4) is 0 Å². The van der Waals surface area contributed by atoms with Crippen molar-refractivity contribution in [2.45, 2.75) is 59.5 Å². The zero-order chi connectivity index (χ0) is 27.9. The van der Waals surface area contributed by atoms with Gasteiger partial charge in [-0.05, 0) is 75.4 Å². The van der Waals surface area contributed by atoms with Crippen molar-refractivity contribution in [1.29, 1.82) is 0 Å². The lowest BCUT2D eigenvalue weighted by atomic mass is 10.0. The van der Waals surface area contributed by atoms with Crippen molar-refractivity contribution < 1.29 is 14.3 Å². The van der Waals surface area contributed by atoms with E-state index in [9.17, 15) is 9.59 Å². The third kappa shape index (κ3) is 6.66. The number of anilines is 1. The van der Waals surface area contributed by atoms with Crippen LogP contribution in [0.25, 0.3) is 10.9 Å². The summed E-state index contributed by atoms with van der Waals surface area (Å²) in [7, 11) is 1.64. The van der Waals surface area contributed by atoms with E-state index >= 15 is 0 Å². The number of hydrogen-bond donors (Lipinski definition) is 2. The molecule has 0 radical (unpaired) electrons. The van der Waals surface area contributed by atoms with Gasteiger partial charge in [-0.2, -0.15) is 5.10 Å². The fourth-order valence-electron chi connectivity index (χ4n) is 4.84. The quantitative estimate of drug-likeness (QED) is 0.255. The number of carbonyl (C=O) groups excluding carboxylic acids is 2. The summed E-state index contributed by atoms with van der Waals surface area (Å²) in [6, 6.07) is 12.4. The van der Waals surface area contributed by atoms with Crippen molar-refractivity contribution in [3.8, 4) is 0 Å². The summed E-state index contributed by atoms with van der Waals surface area (Å²) < 4.78 is 9.20. The second kappa shape index (κ2) is 12.6. The molecule has 1 amide bonds. The van der Waals surface area contributed by atoms with Gasteiger partial charge in [-0.15, -0.1) is 0 Å². The summed E-state index contributed by atoms with van der Waals surface area (Å²) in [4.78, 5) is 28.4. The second-order valence-corrected chi connectivity index (χ2v) is 9.88. The number of benzene rings is 2. The smallest absolute Gasteiger partial charge is 0.305 e. The lowest BCUT2D eigenvalue weighted by molar-refractivity contribution is -0.143. The zero-order valence-corrected chi connectivity index (χ0v) is 23.5. The Kier molecular flexibility index (Phi) is 9.01. The van der Waals surface area contributed by atoms with Crippen LogP contribution in [0.4, 0.5) is 5.69 Å². The van der Waals surface area contributed by atoms with E-state index in [0.717, 1.165) is 40.0 Å². The van der Waals surface area contributed by atoms with E-state index in [1.165, 1.54) is 5.56 Å². The van der Waals surface area contributed by atoms with Gasteiger partial charge in [-0.25, -0.2) is 9.67 Å². The number of aryl methyl sites for hydroxylation is 3. The minimum Gasteiger partial charge on any atom is -0.466 e. The predicted molar refractivity (Wildman–Crippen MR) is 153 cm³/mol. The van der Waals surface area contributed by atoms with E-state index in [-0.39, 0.29) is 17.9 Å². The van der Waals surface area contributed by atoms with Gasteiger partial charge < -0.3 is 19.9 Å². The standard InChI is InChI=1S/C30H38N6O3/c1-6-39-29(37)9-7-8-24-11-10-23(18-36-22(4)33-19-34-36)14-27(24)32-16-21(3)35-17-20(2)26-13-12-25(15-28(26)35)30(38)31-5/h10-15,17,19,21,32H,6-9,16,18H2,1-5H3,(H,31,38). The van der Waals surface area contributed by atoms with Gasteiger partial charge in [0.25, 0.3) is 5.91 Å². The van der Waals surface area contributed by atoms with Crippen LogP contribution < -0.4 is 10.6 Å². The number of rotatable bonds is 12. The Labute approximate surface area is 229 Å². The molecule has 0 bridgehead atoms. The van der Waals surface area contributed by atoms with E-state index in [2.05, 4.69) is 63.5 Å². The molecule has 0 spiro atoms. The van der Waals surface area contributed by atoms with Crippen LogP contribution in [0.15, 0.2) is 48.9 Å². The van der Waals surface area contributed by atoms with Gasteiger partial charge in [-0.3, -0.25) is 9.59 Å². The molecular formula is C30H38N6O3. The first-order valence-electron chi connectivity index (χ1n) is 13.5. The van der Waals surface area contributed by atoms with Crippen molar-refractivity contribution in [2.75, 3.05) is 25.5 Å². The van der Waals surface area contributed by atoms with Gasteiger partial charge in [0, 0.05) is 54.4 Å². The number of nitrogens with zero attached hydrogens (tertiary/aromatic N) is 4. The van der Waals surface area contributed by atoms with E-state index in [0.29, 0.717) is 38.1 Å². The number of fused-ring (bicyclic) bond motifs is 1. The average Bonchev–Trinajstić information content (AvgIpc) is 3.49. The van der Waals surface area contributed by atoms with Gasteiger partial charge in [0.15, 0.2) is 0 Å². The van der Waals surface area contributed by atoms with Crippen LogP contribution in [0.5, 0.6) is 0 Å². The van der Waals surface area contributed by atoms with Crippen molar-refractivity contribution in [2.24, 2.45) is 0 Å². The molecule has 0 saturated heterocycles. The highest BCUT2D eigenvalue weighted by molar-refractivity contribution is 5.98. The maximum absolute atomic E-state index is 12.3. The van der Waals surface area contributed by atoms with Crippen LogP contribution in [-0.2, 0) is 22.5 Å². The number of ether oxygens (including phenoxy) is 1. The number of nitrogens with one attached hydrogen (secondary N) is 2. The van der Waals surface area contributed by atoms with E-state index in [1.54, 1.807) is 13.4 Å². The second-order valence-electron chi connectivity index (χ2n) is 9.88. The number of aromatic nitrogens is 4. The largest absolute Gasteiger partial charge is 0.466 e. The molecule has 1 unspecified atom stereocenters. The first kappa shape index (κ1) is 27.9. The summed E-state index contributed by atoms with van der Waals surface area (Å²) in [6.45, 7) is 9.74. The highest BCUT2D eigenvalue weighted by atomic mass is 16.5. The molecule has 2 N–H and O–H groups in total. The molecule has 0 saturated carbocycles. The molecule has 4 rings (SSSR count). The van der Waals surface area contributed by atoms with Crippen molar-refractivity contribution in [3.63, 3.8) is 0 Å². The Morgan fingerprint density at radius 3 is 2.67 bits per heavy atom. The molecule has 39 heavy (non-hydrogen) atoms. The SMILES string of the molecule is CCOC(=O)CCCc1ccc(Cn2ncnc2C)cc1NCC(C)n1cc(C)c2ccc(C(=O)NC)cc21. The van der Waals surface area contributed by atoms with Crippen molar-refractivity contribution in [3.05, 3.63) is 77.0 Å². The van der Waals surface area contributed by atoms with E-state index in [1.807, 2.05) is 36.7 Å². The van der Waals surface area contributed by atoms with Gasteiger partial charge in [0.2, 0.25) is 0 Å². The molecule has 0 fully saturated rings. The van der Waals surface area contributed by atoms with Crippen LogP contribution in [0.1, 0.15) is 65.6 Å². The third-order valence-electron chi connectivity index (χ3n) is 7.03. The molecule has 206 valence electrons. The Bertz CT molecular complexity index is 1450. The first-order chi connectivity index (χ1) is 18.8. The Morgan fingerprint density at radius 2 is 1.95 bits per heavy atom.